The molecular formula is C18H29N3O4. The summed E-state index contributed by atoms with van der Waals surface area (Å²) in [7, 11) is 5.03. The van der Waals surface area contributed by atoms with Gasteiger partial charge in [0.2, 0.25) is 0 Å². The molecule has 1 saturated heterocycles. The highest BCUT2D eigenvalue weighted by Gasteiger charge is 2.15. The molecule has 1 atom stereocenters. The van der Waals surface area contributed by atoms with Gasteiger partial charge in [-0.2, -0.15) is 0 Å². The highest BCUT2D eigenvalue weighted by atomic mass is 16.5. The van der Waals surface area contributed by atoms with E-state index in [9.17, 15) is 0 Å². The fourth-order valence-corrected chi connectivity index (χ4v) is 2.67. The van der Waals surface area contributed by atoms with Crippen molar-refractivity contribution < 1.29 is 18.9 Å². The molecule has 2 N–H and O–H groups in total. The van der Waals surface area contributed by atoms with Crippen LogP contribution in [0, 0.1) is 0 Å². The molecule has 0 aromatic heterocycles. The van der Waals surface area contributed by atoms with Crippen molar-refractivity contribution in [1.29, 1.82) is 0 Å². The maximum absolute atomic E-state index is 5.75. The molecule has 0 aliphatic carbocycles. The quantitative estimate of drug-likeness (QED) is 0.400. The van der Waals surface area contributed by atoms with Gasteiger partial charge < -0.3 is 29.6 Å². The Labute approximate surface area is 149 Å². The molecule has 25 heavy (non-hydrogen) atoms. The summed E-state index contributed by atoms with van der Waals surface area (Å²) in [6, 6.07) is 5.82. The molecular weight excluding hydrogens is 322 g/mol. The smallest absolute Gasteiger partial charge is 0.191 e. The Morgan fingerprint density at radius 1 is 1.28 bits per heavy atom. The fourth-order valence-electron chi connectivity index (χ4n) is 2.67. The summed E-state index contributed by atoms with van der Waals surface area (Å²) in [5.41, 5.74) is 1.01. The first-order valence-corrected chi connectivity index (χ1v) is 8.62. The van der Waals surface area contributed by atoms with Crippen LogP contribution in [-0.2, 0) is 16.0 Å². The highest BCUT2D eigenvalue weighted by molar-refractivity contribution is 5.79. The van der Waals surface area contributed by atoms with Crippen molar-refractivity contribution in [1.82, 2.24) is 10.6 Å². The highest BCUT2D eigenvalue weighted by Crippen LogP contribution is 2.30. The molecule has 7 nitrogen and oxygen atoms in total. The van der Waals surface area contributed by atoms with Crippen molar-refractivity contribution in [2.24, 2.45) is 4.99 Å². The number of guanidine groups is 1. The average molecular weight is 351 g/mol. The van der Waals surface area contributed by atoms with Crippen LogP contribution in [-0.4, -0.2) is 59.7 Å². The second-order valence-corrected chi connectivity index (χ2v) is 5.72. The largest absolute Gasteiger partial charge is 0.493 e. The monoisotopic (exact) mass is 351 g/mol. The Bertz CT molecular complexity index is 545. The van der Waals surface area contributed by atoms with Crippen LogP contribution < -0.4 is 20.1 Å². The number of para-hydroxylation sites is 1. The number of hydrogen-bond donors (Lipinski definition) is 2. The molecule has 1 aliphatic heterocycles. The normalized spacial score (nSPS) is 17.4. The van der Waals surface area contributed by atoms with Crippen molar-refractivity contribution in [3.63, 3.8) is 0 Å². The maximum atomic E-state index is 5.75. The molecule has 7 heteroatoms. The molecule has 0 bridgehead atoms. The van der Waals surface area contributed by atoms with Gasteiger partial charge in [-0.15, -0.1) is 0 Å². The molecule has 0 saturated carbocycles. The minimum absolute atomic E-state index is 0.262. The average Bonchev–Trinajstić information content (AvgIpc) is 3.16. The van der Waals surface area contributed by atoms with Crippen LogP contribution in [0.2, 0.25) is 0 Å². The first-order chi connectivity index (χ1) is 12.3. The third-order valence-electron chi connectivity index (χ3n) is 4.01. The molecule has 1 heterocycles. The molecule has 0 radical (unpaired) electrons. The van der Waals surface area contributed by atoms with Crippen LogP contribution in [0.5, 0.6) is 11.5 Å². The predicted molar refractivity (Wildman–Crippen MR) is 97.5 cm³/mol. The summed E-state index contributed by atoms with van der Waals surface area (Å²) in [4.78, 5) is 4.24. The summed E-state index contributed by atoms with van der Waals surface area (Å²) >= 11 is 0. The lowest BCUT2D eigenvalue weighted by Crippen LogP contribution is -2.37. The van der Waals surface area contributed by atoms with E-state index in [1.54, 1.807) is 21.3 Å². The SMILES string of the molecule is CN=C(NCCCOC1CCOC1)NCc1cccc(OC)c1OC. The third-order valence-corrected chi connectivity index (χ3v) is 4.01. The molecule has 1 aromatic rings. The van der Waals surface area contributed by atoms with E-state index in [-0.39, 0.29) is 6.10 Å². The number of aliphatic imine (C=N–C) groups is 1. The third kappa shape index (κ3) is 6.10. The Kier molecular flexibility index (Phi) is 8.34. The molecule has 1 aliphatic rings. The summed E-state index contributed by atoms with van der Waals surface area (Å²) in [5.74, 6) is 2.20. The number of ether oxygens (including phenoxy) is 4. The van der Waals surface area contributed by atoms with Crippen molar-refractivity contribution in [3.8, 4) is 11.5 Å². The van der Waals surface area contributed by atoms with Crippen molar-refractivity contribution in [2.75, 3.05) is 47.6 Å². The van der Waals surface area contributed by atoms with E-state index < -0.39 is 0 Å². The van der Waals surface area contributed by atoms with Crippen LogP contribution >= 0.6 is 0 Å². The second kappa shape index (κ2) is 10.8. The Hall–Kier alpha value is -1.99. The van der Waals surface area contributed by atoms with Crippen LogP contribution in [0.3, 0.4) is 0 Å². The van der Waals surface area contributed by atoms with Gasteiger partial charge in [0.1, 0.15) is 0 Å². The molecule has 1 aromatic carbocycles. The zero-order valence-electron chi connectivity index (χ0n) is 15.3. The summed E-state index contributed by atoms with van der Waals surface area (Å²) in [6.07, 6.45) is 2.18. The molecule has 1 fully saturated rings. The zero-order chi connectivity index (χ0) is 17.9. The van der Waals surface area contributed by atoms with E-state index in [1.807, 2.05) is 18.2 Å². The van der Waals surface area contributed by atoms with Crippen LogP contribution in [0.4, 0.5) is 0 Å². The minimum Gasteiger partial charge on any atom is -0.493 e. The summed E-state index contributed by atoms with van der Waals surface area (Å²) < 4.78 is 21.8. The van der Waals surface area contributed by atoms with Gasteiger partial charge in [0.15, 0.2) is 17.5 Å². The summed E-state index contributed by atoms with van der Waals surface area (Å²) in [5, 5.41) is 6.57. The van der Waals surface area contributed by atoms with E-state index >= 15 is 0 Å². The Morgan fingerprint density at radius 2 is 2.16 bits per heavy atom. The Balaban J connectivity index is 1.71. The van der Waals surface area contributed by atoms with Gasteiger partial charge in [-0.1, -0.05) is 12.1 Å². The molecule has 140 valence electrons. The number of nitrogens with one attached hydrogen (secondary N) is 2. The van der Waals surface area contributed by atoms with E-state index in [0.29, 0.717) is 6.54 Å². The number of rotatable bonds is 9. The van der Waals surface area contributed by atoms with Gasteiger partial charge >= 0.3 is 0 Å². The number of methoxy groups -OCH3 is 2. The van der Waals surface area contributed by atoms with Gasteiger partial charge in [-0.3, -0.25) is 4.99 Å². The first-order valence-electron chi connectivity index (χ1n) is 8.62. The van der Waals surface area contributed by atoms with Crippen LogP contribution in [0.25, 0.3) is 0 Å². The van der Waals surface area contributed by atoms with Crippen LogP contribution in [0.15, 0.2) is 23.2 Å². The molecule has 2 rings (SSSR count). The standard InChI is InChI=1S/C18H29N3O4/c1-19-18(20-9-5-10-25-15-8-11-24-13-15)21-12-14-6-4-7-16(22-2)17(14)23-3/h4,6-7,15H,5,8-13H2,1-3H3,(H2,19,20,21). The fraction of sp³-hybridized carbons (Fsp3) is 0.611. The number of hydrogen-bond acceptors (Lipinski definition) is 5. The first kappa shape index (κ1) is 19.3. The topological polar surface area (TPSA) is 73.3 Å². The predicted octanol–water partition coefficient (Wildman–Crippen LogP) is 1.56. The molecule has 0 spiro atoms. The van der Waals surface area contributed by atoms with Crippen LogP contribution in [0.1, 0.15) is 18.4 Å². The number of benzene rings is 1. The van der Waals surface area contributed by atoms with E-state index in [0.717, 1.165) is 62.2 Å². The zero-order valence-corrected chi connectivity index (χ0v) is 15.3. The lowest BCUT2D eigenvalue weighted by Gasteiger charge is -2.15. The van der Waals surface area contributed by atoms with E-state index in [4.69, 9.17) is 18.9 Å². The van der Waals surface area contributed by atoms with Gasteiger partial charge in [-0.05, 0) is 18.9 Å². The Morgan fingerprint density at radius 3 is 2.84 bits per heavy atom. The van der Waals surface area contributed by atoms with Crippen molar-refractivity contribution in [2.45, 2.75) is 25.5 Å². The van der Waals surface area contributed by atoms with E-state index in [2.05, 4.69) is 15.6 Å². The van der Waals surface area contributed by atoms with Gasteiger partial charge in [-0.25, -0.2) is 0 Å². The van der Waals surface area contributed by atoms with Gasteiger partial charge in [0.05, 0.1) is 26.9 Å². The molecule has 1 unspecified atom stereocenters. The minimum atomic E-state index is 0.262. The second-order valence-electron chi connectivity index (χ2n) is 5.72. The van der Waals surface area contributed by atoms with Crippen molar-refractivity contribution in [3.05, 3.63) is 23.8 Å². The summed E-state index contributed by atoms with van der Waals surface area (Å²) in [6.45, 7) is 3.65. The van der Waals surface area contributed by atoms with Crippen molar-refractivity contribution >= 4 is 5.96 Å². The van der Waals surface area contributed by atoms with Gasteiger partial charge in [0.25, 0.3) is 0 Å². The lowest BCUT2D eigenvalue weighted by atomic mass is 10.2. The molecule has 0 amide bonds. The van der Waals surface area contributed by atoms with E-state index in [1.165, 1.54) is 0 Å². The number of nitrogens with zero attached hydrogens (tertiary/aromatic N) is 1. The lowest BCUT2D eigenvalue weighted by molar-refractivity contribution is 0.0420. The van der Waals surface area contributed by atoms with Gasteiger partial charge in [0, 0.05) is 38.9 Å². The maximum Gasteiger partial charge on any atom is 0.191 e.